The summed E-state index contributed by atoms with van der Waals surface area (Å²) < 4.78 is 0. The average Bonchev–Trinajstić information content (AvgIpc) is 2.77. The van der Waals surface area contributed by atoms with Crippen molar-refractivity contribution in [3.05, 3.63) is 0 Å². The second-order valence-corrected chi connectivity index (χ2v) is 5.86. The van der Waals surface area contributed by atoms with Gasteiger partial charge in [0.2, 0.25) is 5.91 Å². The van der Waals surface area contributed by atoms with Gasteiger partial charge in [-0.25, -0.2) is 4.79 Å². The zero-order chi connectivity index (χ0) is 14.5. The molecule has 5 nitrogen and oxygen atoms in total. The second-order valence-electron chi connectivity index (χ2n) is 5.86. The molecule has 1 aliphatic heterocycles. The van der Waals surface area contributed by atoms with E-state index < -0.39 is 17.6 Å². The lowest BCUT2D eigenvalue weighted by atomic mass is 9.90. The maximum absolute atomic E-state index is 12.4. The Morgan fingerprint density at radius 2 is 2.11 bits per heavy atom. The van der Waals surface area contributed by atoms with Crippen molar-refractivity contribution in [2.24, 2.45) is 5.92 Å². The van der Waals surface area contributed by atoms with Gasteiger partial charge in [0, 0.05) is 0 Å². The molecular formula is C14H26N2O3. The molecule has 5 heteroatoms. The van der Waals surface area contributed by atoms with Crippen molar-refractivity contribution in [3.63, 3.8) is 0 Å². The van der Waals surface area contributed by atoms with E-state index in [2.05, 4.69) is 10.6 Å². The molecule has 0 aliphatic carbocycles. The first-order chi connectivity index (χ1) is 8.91. The van der Waals surface area contributed by atoms with E-state index in [1.807, 2.05) is 20.8 Å². The molecule has 0 aromatic heterocycles. The molecule has 110 valence electrons. The van der Waals surface area contributed by atoms with Crippen LogP contribution in [0.4, 0.5) is 0 Å². The predicted molar refractivity (Wildman–Crippen MR) is 73.9 cm³/mol. The third-order valence-corrected chi connectivity index (χ3v) is 3.67. The maximum Gasteiger partial charge on any atom is 0.326 e. The Kier molecular flexibility index (Phi) is 5.79. The first-order valence-corrected chi connectivity index (χ1v) is 7.20. The second kappa shape index (κ2) is 6.89. The number of carboxylic acid groups (broad SMARTS) is 1. The maximum atomic E-state index is 12.4. The topological polar surface area (TPSA) is 78.4 Å². The van der Waals surface area contributed by atoms with Crippen LogP contribution in [-0.4, -0.2) is 35.1 Å². The summed E-state index contributed by atoms with van der Waals surface area (Å²) in [5, 5.41) is 15.2. The standard InChI is InChI=1S/C14H26N2O3/c1-4-6-14(7-5-8-15-14)13(19)16-11(12(17)18)9-10(2)3/h10-11,15H,4-9H2,1-3H3,(H,16,19)(H,17,18). The Morgan fingerprint density at radius 1 is 1.42 bits per heavy atom. The van der Waals surface area contributed by atoms with Crippen LogP contribution in [0.25, 0.3) is 0 Å². The molecule has 1 fully saturated rings. The highest BCUT2D eigenvalue weighted by Crippen LogP contribution is 2.25. The molecular weight excluding hydrogens is 244 g/mol. The molecule has 0 aromatic carbocycles. The van der Waals surface area contributed by atoms with Crippen LogP contribution >= 0.6 is 0 Å². The van der Waals surface area contributed by atoms with E-state index in [1.165, 1.54) is 0 Å². The van der Waals surface area contributed by atoms with Crippen molar-refractivity contribution >= 4 is 11.9 Å². The molecule has 1 rings (SSSR count). The minimum Gasteiger partial charge on any atom is -0.480 e. The van der Waals surface area contributed by atoms with E-state index >= 15 is 0 Å². The minimum absolute atomic E-state index is 0.153. The number of nitrogens with one attached hydrogen (secondary N) is 2. The fraction of sp³-hybridized carbons (Fsp3) is 0.857. The first-order valence-electron chi connectivity index (χ1n) is 7.20. The van der Waals surface area contributed by atoms with Crippen LogP contribution in [-0.2, 0) is 9.59 Å². The fourth-order valence-electron chi connectivity index (χ4n) is 2.74. The van der Waals surface area contributed by atoms with Gasteiger partial charge in [0.15, 0.2) is 0 Å². The summed E-state index contributed by atoms with van der Waals surface area (Å²) in [6.07, 6.45) is 3.88. The molecule has 1 saturated heterocycles. The zero-order valence-electron chi connectivity index (χ0n) is 12.2. The summed E-state index contributed by atoms with van der Waals surface area (Å²) in [7, 11) is 0. The number of carboxylic acids is 1. The van der Waals surface area contributed by atoms with Crippen molar-refractivity contribution in [2.75, 3.05) is 6.54 Å². The zero-order valence-corrected chi connectivity index (χ0v) is 12.2. The van der Waals surface area contributed by atoms with E-state index in [1.54, 1.807) is 0 Å². The highest BCUT2D eigenvalue weighted by molar-refractivity contribution is 5.90. The molecule has 1 aliphatic rings. The molecule has 1 amide bonds. The third kappa shape index (κ3) is 4.20. The van der Waals surface area contributed by atoms with Gasteiger partial charge in [-0.1, -0.05) is 27.2 Å². The van der Waals surface area contributed by atoms with Gasteiger partial charge in [0.05, 0.1) is 5.54 Å². The van der Waals surface area contributed by atoms with Crippen molar-refractivity contribution in [2.45, 2.75) is 64.5 Å². The van der Waals surface area contributed by atoms with E-state index in [0.717, 1.165) is 32.2 Å². The minimum atomic E-state index is -0.952. The highest BCUT2D eigenvalue weighted by Gasteiger charge is 2.41. The largest absolute Gasteiger partial charge is 0.480 e. The molecule has 19 heavy (non-hydrogen) atoms. The van der Waals surface area contributed by atoms with Gasteiger partial charge in [0.25, 0.3) is 0 Å². The normalized spacial score (nSPS) is 24.4. The van der Waals surface area contributed by atoms with Gasteiger partial charge in [0.1, 0.15) is 6.04 Å². The number of amides is 1. The molecule has 2 unspecified atom stereocenters. The van der Waals surface area contributed by atoms with Crippen LogP contribution in [0.5, 0.6) is 0 Å². The van der Waals surface area contributed by atoms with Crippen LogP contribution in [0.3, 0.4) is 0 Å². The van der Waals surface area contributed by atoms with Gasteiger partial charge in [-0.2, -0.15) is 0 Å². The molecule has 0 radical (unpaired) electrons. The molecule has 3 N–H and O–H groups in total. The van der Waals surface area contributed by atoms with Gasteiger partial charge < -0.3 is 15.7 Å². The van der Waals surface area contributed by atoms with Crippen molar-refractivity contribution in [3.8, 4) is 0 Å². The van der Waals surface area contributed by atoms with E-state index in [9.17, 15) is 14.7 Å². The van der Waals surface area contributed by atoms with Crippen molar-refractivity contribution in [1.82, 2.24) is 10.6 Å². The van der Waals surface area contributed by atoms with Gasteiger partial charge >= 0.3 is 5.97 Å². The van der Waals surface area contributed by atoms with E-state index in [0.29, 0.717) is 6.42 Å². The monoisotopic (exact) mass is 270 g/mol. The SMILES string of the molecule is CCCC1(C(=O)NC(CC(C)C)C(=O)O)CCCN1. The van der Waals surface area contributed by atoms with Gasteiger partial charge in [-0.15, -0.1) is 0 Å². The Bertz CT molecular complexity index is 323. The summed E-state index contributed by atoms with van der Waals surface area (Å²) in [4.78, 5) is 23.6. The van der Waals surface area contributed by atoms with Crippen molar-refractivity contribution < 1.29 is 14.7 Å². The van der Waals surface area contributed by atoms with Gasteiger partial charge in [-0.3, -0.25) is 4.79 Å². The third-order valence-electron chi connectivity index (χ3n) is 3.67. The predicted octanol–water partition coefficient (Wildman–Crippen LogP) is 1.52. The summed E-state index contributed by atoms with van der Waals surface area (Å²) in [6, 6.07) is -0.788. The molecule has 1 heterocycles. The fourth-order valence-corrected chi connectivity index (χ4v) is 2.74. The number of carbonyl (C=O) groups excluding carboxylic acids is 1. The average molecular weight is 270 g/mol. The van der Waals surface area contributed by atoms with Crippen LogP contribution < -0.4 is 10.6 Å². The van der Waals surface area contributed by atoms with Crippen LogP contribution in [0, 0.1) is 5.92 Å². The molecule has 0 aromatic rings. The number of hydrogen-bond donors (Lipinski definition) is 3. The number of rotatable bonds is 7. The van der Waals surface area contributed by atoms with Crippen molar-refractivity contribution in [1.29, 1.82) is 0 Å². The molecule has 2 atom stereocenters. The van der Waals surface area contributed by atoms with E-state index in [4.69, 9.17) is 0 Å². The Morgan fingerprint density at radius 3 is 2.53 bits per heavy atom. The Labute approximate surface area is 115 Å². The van der Waals surface area contributed by atoms with Crippen LogP contribution in [0.2, 0.25) is 0 Å². The van der Waals surface area contributed by atoms with Gasteiger partial charge in [-0.05, 0) is 38.1 Å². The van der Waals surface area contributed by atoms with E-state index in [-0.39, 0.29) is 11.8 Å². The lowest BCUT2D eigenvalue weighted by Crippen LogP contribution is -2.57. The summed E-state index contributed by atoms with van der Waals surface area (Å²) >= 11 is 0. The summed E-state index contributed by atoms with van der Waals surface area (Å²) in [5.41, 5.74) is -0.556. The number of hydrogen-bond acceptors (Lipinski definition) is 3. The quantitative estimate of drug-likeness (QED) is 0.655. The molecule has 0 spiro atoms. The lowest BCUT2D eigenvalue weighted by molar-refractivity contribution is -0.143. The summed E-state index contributed by atoms with van der Waals surface area (Å²) in [6.45, 7) is 6.78. The highest BCUT2D eigenvalue weighted by atomic mass is 16.4. The molecule has 0 bridgehead atoms. The smallest absolute Gasteiger partial charge is 0.326 e. The Hall–Kier alpha value is -1.10. The molecule has 0 saturated carbocycles. The van der Waals surface area contributed by atoms with Crippen LogP contribution in [0.15, 0.2) is 0 Å². The lowest BCUT2D eigenvalue weighted by Gasteiger charge is -2.30. The first kappa shape index (κ1) is 16.0. The Balaban J connectivity index is 2.71. The number of aliphatic carboxylic acids is 1. The number of carbonyl (C=O) groups is 2. The summed E-state index contributed by atoms with van der Waals surface area (Å²) in [5.74, 6) is -0.869. The van der Waals surface area contributed by atoms with Crippen LogP contribution in [0.1, 0.15) is 52.9 Å².